The third kappa shape index (κ3) is 17.1. The van der Waals surface area contributed by atoms with Crippen molar-refractivity contribution in [2.24, 2.45) is 5.92 Å². The van der Waals surface area contributed by atoms with Crippen LogP contribution in [0, 0.1) is 31.1 Å². The van der Waals surface area contributed by atoms with E-state index in [0.717, 1.165) is 18.5 Å². The van der Waals surface area contributed by atoms with Crippen molar-refractivity contribution in [1.29, 1.82) is 5.26 Å². The van der Waals surface area contributed by atoms with E-state index >= 15 is 0 Å². The van der Waals surface area contributed by atoms with Gasteiger partial charge in [0.1, 0.15) is 0 Å². The van der Waals surface area contributed by atoms with Gasteiger partial charge in [0.05, 0.1) is 6.07 Å². The molecule has 0 saturated carbocycles. The fourth-order valence-electron chi connectivity index (χ4n) is 2.91. The molecule has 0 radical (unpaired) electrons. The van der Waals surface area contributed by atoms with Crippen molar-refractivity contribution in [3.05, 3.63) is 102 Å². The van der Waals surface area contributed by atoms with Crippen LogP contribution >= 0.6 is 0 Å². The van der Waals surface area contributed by atoms with Crippen LogP contribution in [-0.2, 0) is 0 Å². The summed E-state index contributed by atoms with van der Waals surface area (Å²) < 4.78 is 0. The lowest BCUT2D eigenvalue weighted by atomic mass is 9.94. The maximum Gasteiger partial charge on any atom is 0.0652 e. The molecule has 206 valence electrons. The Morgan fingerprint density at radius 1 is 1.00 bits per heavy atom. The topological polar surface area (TPSA) is 27.0 Å². The zero-order chi connectivity index (χ0) is 29.4. The molecule has 0 saturated heterocycles. The number of nitriles is 1. The van der Waals surface area contributed by atoms with Crippen molar-refractivity contribution < 1.29 is 0 Å². The summed E-state index contributed by atoms with van der Waals surface area (Å²) in [6.07, 6.45) is 14.9. The van der Waals surface area contributed by atoms with Gasteiger partial charge in [-0.05, 0) is 95.6 Å². The van der Waals surface area contributed by atoms with Crippen LogP contribution in [-0.4, -0.2) is 4.90 Å². The molecule has 0 fully saturated rings. The smallest absolute Gasteiger partial charge is 0.0652 e. The second-order valence-corrected chi connectivity index (χ2v) is 8.72. The lowest BCUT2D eigenvalue weighted by Crippen LogP contribution is -2.05. The Hall–Kier alpha value is -3.05. The van der Waals surface area contributed by atoms with Gasteiger partial charge in [-0.15, -0.1) is 13.2 Å². The number of rotatable bonds is 5. The maximum absolute atomic E-state index is 8.08. The highest BCUT2D eigenvalue weighted by molar-refractivity contribution is 5.71. The molecule has 0 bridgehead atoms. The maximum atomic E-state index is 8.08. The van der Waals surface area contributed by atoms with E-state index in [-0.39, 0.29) is 5.92 Å². The first-order valence-corrected chi connectivity index (χ1v) is 13.7. The van der Waals surface area contributed by atoms with E-state index in [1.165, 1.54) is 35.1 Å². The number of hydrogen-bond acceptors (Lipinski definition) is 2. The van der Waals surface area contributed by atoms with Gasteiger partial charge in [-0.3, -0.25) is 0 Å². The average molecular weight is 505 g/mol. The largest absolute Gasteiger partial charge is 0.329 e. The fourth-order valence-corrected chi connectivity index (χ4v) is 2.91. The average Bonchev–Trinajstić information content (AvgIpc) is 2.91. The van der Waals surface area contributed by atoms with E-state index in [1.54, 1.807) is 11.1 Å². The third-order valence-electron chi connectivity index (χ3n) is 6.16. The van der Waals surface area contributed by atoms with Crippen molar-refractivity contribution in [2.75, 3.05) is 0 Å². The fraction of sp³-hybridized carbons (Fsp3) is 0.457. The van der Waals surface area contributed by atoms with Crippen LogP contribution < -0.4 is 0 Å². The zero-order valence-electron chi connectivity index (χ0n) is 26.0. The van der Waals surface area contributed by atoms with Crippen LogP contribution in [0.25, 0.3) is 5.57 Å². The molecule has 1 aromatic rings. The highest BCUT2D eigenvalue weighted by Crippen LogP contribution is 2.26. The first kappa shape index (κ1) is 38.5. The molecule has 0 N–H and O–H groups in total. The molecule has 1 aliphatic heterocycles. The van der Waals surface area contributed by atoms with E-state index in [9.17, 15) is 0 Å². The first-order chi connectivity index (χ1) is 17.6. The first-order valence-electron chi connectivity index (χ1n) is 13.7. The Bertz CT molecular complexity index is 907. The van der Waals surface area contributed by atoms with Gasteiger partial charge in [-0.25, -0.2) is 0 Å². The summed E-state index contributed by atoms with van der Waals surface area (Å²) in [5, 5.41) is 8.08. The molecule has 1 aliphatic rings. The minimum Gasteiger partial charge on any atom is -0.329 e. The normalized spacial score (nSPS) is 16.1. The quantitative estimate of drug-likeness (QED) is 0.373. The number of allylic oxidation sites excluding steroid dienone is 7. The van der Waals surface area contributed by atoms with Crippen molar-refractivity contribution in [3.63, 3.8) is 0 Å². The molecule has 1 unspecified atom stereocenters. The highest BCUT2D eigenvalue weighted by atomic mass is 15.1. The predicted octanol–water partition coefficient (Wildman–Crippen LogP) is 11.5. The van der Waals surface area contributed by atoms with Crippen molar-refractivity contribution in [2.45, 2.75) is 102 Å². The third-order valence-corrected chi connectivity index (χ3v) is 6.16. The van der Waals surface area contributed by atoms with Crippen LogP contribution in [0.3, 0.4) is 0 Å². The molecule has 2 nitrogen and oxygen atoms in total. The molecule has 0 amide bonds. The molecule has 0 aromatic heterocycles. The number of hydrogen-bond donors (Lipinski definition) is 0. The molecule has 1 atom stereocenters. The second kappa shape index (κ2) is 24.6. The minimum absolute atomic E-state index is 0.241. The second-order valence-electron chi connectivity index (χ2n) is 8.72. The summed E-state index contributed by atoms with van der Waals surface area (Å²) in [5.41, 5.74) is 9.54. The monoisotopic (exact) mass is 504 g/mol. The molecular weight excluding hydrogens is 448 g/mol. The van der Waals surface area contributed by atoms with Gasteiger partial charge in [-0.1, -0.05) is 82.7 Å². The summed E-state index contributed by atoms with van der Waals surface area (Å²) in [6, 6.07) is 8.61. The van der Waals surface area contributed by atoms with Crippen molar-refractivity contribution in [1.82, 2.24) is 4.90 Å². The molecule has 2 heteroatoms. The van der Waals surface area contributed by atoms with Crippen LogP contribution in [0.1, 0.15) is 105 Å². The van der Waals surface area contributed by atoms with Crippen molar-refractivity contribution >= 4 is 5.57 Å². The molecule has 2 rings (SSSR count). The Morgan fingerprint density at radius 2 is 1.54 bits per heavy atom. The summed E-state index contributed by atoms with van der Waals surface area (Å²) in [6.45, 7) is 33.1. The SMILES string of the molecule is C=C.C=C(C)N1/C=C\C=C(\c2cccc(C)c2C)C/C=C\1.CC.CC/C(C)=C(\C)CC.CCC(C)C#N. The lowest BCUT2D eigenvalue weighted by Gasteiger charge is -2.17. The Labute approximate surface area is 231 Å². The number of aryl methyl sites for hydroxylation is 1. The van der Waals surface area contributed by atoms with E-state index in [2.05, 4.69) is 110 Å². The molecule has 0 aliphatic carbocycles. The molecule has 1 heterocycles. The van der Waals surface area contributed by atoms with Gasteiger partial charge in [0.25, 0.3) is 0 Å². The van der Waals surface area contributed by atoms with Gasteiger partial charge in [0.2, 0.25) is 0 Å². The Balaban J connectivity index is -0.000000534. The van der Waals surface area contributed by atoms with E-state index in [0.29, 0.717) is 0 Å². The molecule has 1 aromatic carbocycles. The Morgan fingerprint density at radius 3 is 1.95 bits per heavy atom. The van der Waals surface area contributed by atoms with E-state index in [4.69, 9.17) is 5.26 Å². The van der Waals surface area contributed by atoms with Crippen molar-refractivity contribution in [3.8, 4) is 6.07 Å². The predicted molar refractivity (Wildman–Crippen MR) is 170 cm³/mol. The summed E-state index contributed by atoms with van der Waals surface area (Å²) in [7, 11) is 0. The van der Waals surface area contributed by atoms with E-state index in [1.807, 2.05) is 45.7 Å². The standard InChI is InChI=1S/C18H21N.C8H16.C5H9N.C2H6.C2H4/c1-14(2)19-12-6-9-17(10-7-13-19)18-11-5-8-15(3)16(18)4;1-5-7(3)8(4)6-2;1-3-5(2)4-6;2*1-2/h5-9,11-13H,1,10H2,2-4H3;5-6H2,1-4H3;5H,3H2,1-2H3;1-2H3;1-2H2/b12-6-,13-7-,17-9+;8-7+;;;. The summed E-state index contributed by atoms with van der Waals surface area (Å²) in [5.74, 6) is 0.241. The molecular formula is C35H56N2. The lowest BCUT2D eigenvalue weighted by molar-refractivity contribution is 0.631. The summed E-state index contributed by atoms with van der Waals surface area (Å²) >= 11 is 0. The summed E-state index contributed by atoms with van der Waals surface area (Å²) in [4.78, 5) is 2.04. The van der Waals surface area contributed by atoms with Crippen LogP contribution in [0.4, 0.5) is 0 Å². The Kier molecular flexibility index (Phi) is 25.6. The van der Waals surface area contributed by atoms with Gasteiger partial charge in [-0.2, -0.15) is 5.26 Å². The zero-order valence-corrected chi connectivity index (χ0v) is 26.0. The van der Waals surface area contributed by atoms with Gasteiger partial charge in [0, 0.05) is 24.0 Å². The van der Waals surface area contributed by atoms with Gasteiger partial charge in [0.15, 0.2) is 0 Å². The van der Waals surface area contributed by atoms with Gasteiger partial charge < -0.3 is 4.90 Å². The minimum atomic E-state index is 0.241. The van der Waals surface area contributed by atoms with Gasteiger partial charge >= 0.3 is 0 Å². The molecule has 0 spiro atoms. The van der Waals surface area contributed by atoms with Crippen LogP contribution in [0.5, 0.6) is 0 Å². The highest BCUT2D eigenvalue weighted by Gasteiger charge is 2.06. The molecule has 37 heavy (non-hydrogen) atoms. The van der Waals surface area contributed by atoms with Crippen LogP contribution in [0.2, 0.25) is 0 Å². The van der Waals surface area contributed by atoms with E-state index < -0.39 is 0 Å². The number of nitrogens with zero attached hydrogens (tertiary/aromatic N) is 2. The van der Waals surface area contributed by atoms with Crippen LogP contribution in [0.15, 0.2) is 85.4 Å². The number of benzene rings is 1.